The summed E-state index contributed by atoms with van der Waals surface area (Å²) < 4.78 is 1.93. The van der Waals surface area contributed by atoms with E-state index in [0.717, 1.165) is 17.1 Å². The minimum absolute atomic E-state index is 0.811. The smallest absolute Gasteiger partial charge is 0.0596 e. The molecular weight excluding hydrogens is 218 g/mol. The summed E-state index contributed by atoms with van der Waals surface area (Å²) in [5, 5.41) is 4.32. The fourth-order valence-electron chi connectivity index (χ4n) is 1.56. The molecule has 16 heavy (non-hydrogen) atoms. The Morgan fingerprint density at radius 1 is 1.38 bits per heavy atom. The first-order valence-electron chi connectivity index (χ1n) is 5.13. The molecule has 0 saturated carbocycles. The highest BCUT2D eigenvalue weighted by Gasteiger charge is 2.02. The lowest BCUT2D eigenvalue weighted by molar-refractivity contribution is 0.727. The van der Waals surface area contributed by atoms with Crippen molar-refractivity contribution < 1.29 is 0 Å². The van der Waals surface area contributed by atoms with E-state index in [4.69, 9.17) is 5.73 Å². The van der Waals surface area contributed by atoms with Crippen LogP contribution in [0.1, 0.15) is 11.4 Å². The van der Waals surface area contributed by atoms with Gasteiger partial charge in [-0.3, -0.25) is 4.68 Å². The van der Waals surface area contributed by atoms with Crippen LogP contribution in [0.25, 0.3) is 0 Å². The van der Waals surface area contributed by atoms with Crippen molar-refractivity contribution >= 4 is 17.4 Å². The van der Waals surface area contributed by atoms with Gasteiger partial charge in [0, 0.05) is 29.1 Å². The number of nitrogens with zero attached hydrogens (tertiary/aromatic N) is 2. The number of aryl methyl sites for hydroxylation is 2. The molecule has 84 valence electrons. The molecule has 0 spiro atoms. The van der Waals surface area contributed by atoms with Crippen LogP contribution in [0, 0.1) is 6.92 Å². The minimum Gasteiger partial charge on any atom is -0.399 e. The topological polar surface area (TPSA) is 43.8 Å². The van der Waals surface area contributed by atoms with E-state index in [1.165, 1.54) is 10.6 Å². The molecule has 1 aromatic carbocycles. The Hall–Kier alpha value is -1.42. The quantitative estimate of drug-likeness (QED) is 0.654. The average molecular weight is 233 g/mol. The van der Waals surface area contributed by atoms with Gasteiger partial charge in [-0.1, -0.05) is 6.07 Å². The summed E-state index contributed by atoms with van der Waals surface area (Å²) in [6, 6.07) is 10.1. The van der Waals surface area contributed by atoms with Crippen LogP contribution in [0.4, 0.5) is 5.69 Å². The summed E-state index contributed by atoms with van der Waals surface area (Å²) in [4.78, 5) is 1.19. The molecule has 2 rings (SSSR count). The van der Waals surface area contributed by atoms with Crippen molar-refractivity contribution in [2.24, 2.45) is 7.05 Å². The van der Waals surface area contributed by atoms with Gasteiger partial charge in [0.2, 0.25) is 0 Å². The molecule has 2 N–H and O–H groups in total. The molecule has 0 atom stereocenters. The fourth-order valence-corrected chi connectivity index (χ4v) is 2.54. The van der Waals surface area contributed by atoms with Crippen LogP contribution in [0.15, 0.2) is 35.2 Å². The Kier molecular flexibility index (Phi) is 3.19. The lowest BCUT2D eigenvalue weighted by Gasteiger charge is -2.03. The highest BCUT2D eigenvalue weighted by Crippen LogP contribution is 2.24. The third-order valence-electron chi connectivity index (χ3n) is 2.34. The number of aromatic nitrogens is 2. The summed E-state index contributed by atoms with van der Waals surface area (Å²) in [6.07, 6.45) is 0. The second kappa shape index (κ2) is 4.61. The van der Waals surface area contributed by atoms with Crippen molar-refractivity contribution in [1.82, 2.24) is 9.78 Å². The number of rotatable bonds is 3. The first-order chi connectivity index (χ1) is 7.65. The number of thioether (sulfide) groups is 1. The maximum atomic E-state index is 5.73. The molecular formula is C12H15N3S. The van der Waals surface area contributed by atoms with Crippen LogP contribution >= 0.6 is 11.8 Å². The van der Waals surface area contributed by atoms with Crippen molar-refractivity contribution in [2.75, 3.05) is 5.73 Å². The third-order valence-corrected chi connectivity index (χ3v) is 3.37. The van der Waals surface area contributed by atoms with Crippen LogP contribution in [0.2, 0.25) is 0 Å². The Labute approximate surface area is 99.7 Å². The Morgan fingerprint density at radius 3 is 2.81 bits per heavy atom. The average Bonchev–Trinajstić information content (AvgIpc) is 2.54. The second-order valence-corrected chi connectivity index (χ2v) is 4.81. The van der Waals surface area contributed by atoms with Crippen LogP contribution in [-0.2, 0) is 12.8 Å². The van der Waals surface area contributed by atoms with Crippen LogP contribution in [-0.4, -0.2) is 9.78 Å². The highest BCUT2D eigenvalue weighted by atomic mass is 32.2. The molecule has 0 amide bonds. The van der Waals surface area contributed by atoms with Gasteiger partial charge in [0.15, 0.2) is 0 Å². The summed E-state index contributed by atoms with van der Waals surface area (Å²) >= 11 is 1.77. The van der Waals surface area contributed by atoms with E-state index in [1.54, 1.807) is 11.8 Å². The van der Waals surface area contributed by atoms with Gasteiger partial charge in [-0.15, -0.1) is 11.8 Å². The molecule has 0 aliphatic heterocycles. The zero-order chi connectivity index (χ0) is 11.5. The van der Waals surface area contributed by atoms with Gasteiger partial charge in [0.1, 0.15) is 0 Å². The number of hydrogen-bond donors (Lipinski definition) is 1. The largest absolute Gasteiger partial charge is 0.399 e. The first-order valence-corrected chi connectivity index (χ1v) is 6.11. The van der Waals surface area contributed by atoms with Gasteiger partial charge in [-0.2, -0.15) is 5.10 Å². The normalized spacial score (nSPS) is 10.6. The van der Waals surface area contributed by atoms with Crippen molar-refractivity contribution in [3.05, 3.63) is 41.7 Å². The predicted octanol–water partition coefficient (Wildman–Crippen LogP) is 2.60. The van der Waals surface area contributed by atoms with E-state index in [0.29, 0.717) is 0 Å². The van der Waals surface area contributed by atoms with E-state index in [-0.39, 0.29) is 0 Å². The van der Waals surface area contributed by atoms with Crippen molar-refractivity contribution in [2.45, 2.75) is 17.6 Å². The van der Waals surface area contributed by atoms with Crippen molar-refractivity contribution in [3.63, 3.8) is 0 Å². The minimum atomic E-state index is 0.811. The number of nitrogen functional groups attached to an aromatic ring is 1. The van der Waals surface area contributed by atoms with Gasteiger partial charge >= 0.3 is 0 Å². The van der Waals surface area contributed by atoms with E-state index in [1.807, 2.05) is 36.9 Å². The predicted molar refractivity (Wildman–Crippen MR) is 68.4 cm³/mol. The molecule has 0 bridgehead atoms. The Bertz CT molecular complexity index is 491. The van der Waals surface area contributed by atoms with Gasteiger partial charge in [0.05, 0.1) is 5.69 Å². The van der Waals surface area contributed by atoms with Gasteiger partial charge in [-0.25, -0.2) is 0 Å². The Morgan fingerprint density at radius 2 is 2.19 bits per heavy atom. The third kappa shape index (κ3) is 2.58. The molecule has 2 aromatic rings. The van der Waals surface area contributed by atoms with E-state index in [9.17, 15) is 0 Å². The number of nitrogens with two attached hydrogens (primary N) is 1. The van der Waals surface area contributed by atoms with Gasteiger partial charge in [0.25, 0.3) is 0 Å². The SMILES string of the molecule is Cc1cc(CSc2cccc(N)c2)n(C)n1. The van der Waals surface area contributed by atoms with Crippen molar-refractivity contribution in [1.29, 1.82) is 0 Å². The first kappa shape index (κ1) is 11.1. The van der Waals surface area contributed by atoms with Crippen LogP contribution < -0.4 is 5.73 Å². The van der Waals surface area contributed by atoms with Gasteiger partial charge < -0.3 is 5.73 Å². The fraction of sp³-hybridized carbons (Fsp3) is 0.250. The molecule has 0 aliphatic carbocycles. The molecule has 3 nitrogen and oxygen atoms in total. The maximum Gasteiger partial charge on any atom is 0.0596 e. The second-order valence-electron chi connectivity index (χ2n) is 3.76. The molecule has 1 heterocycles. The summed E-state index contributed by atoms with van der Waals surface area (Å²) in [6.45, 7) is 2.01. The molecule has 1 aromatic heterocycles. The van der Waals surface area contributed by atoms with E-state index in [2.05, 4.69) is 17.2 Å². The maximum absolute atomic E-state index is 5.73. The molecule has 0 fully saturated rings. The molecule has 0 radical (unpaired) electrons. The number of hydrogen-bond acceptors (Lipinski definition) is 3. The lowest BCUT2D eigenvalue weighted by atomic mass is 10.3. The number of anilines is 1. The monoisotopic (exact) mass is 233 g/mol. The molecule has 4 heteroatoms. The summed E-state index contributed by atoms with van der Waals surface area (Å²) in [5.41, 5.74) is 8.83. The van der Waals surface area contributed by atoms with E-state index < -0.39 is 0 Å². The lowest BCUT2D eigenvalue weighted by Crippen LogP contribution is -1.96. The summed E-state index contributed by atoms with van der Waals surface area (Å²) in [7, 11) is 1.97. The van der Waals surface area contributed by atoms with Crippen LogP contribution in [0.5, 0.6) is 0 Å². The Balaban J connectivity index is 2.05. The molecule has 0 saturated heterocycles. The summed E-state index contributed by atoms with van der Waals surface area (Å²) in [5.74, 6) is 0.917. The van der Waals surface area contributed by atoms with Gasteiger partial charge in [-0.05, 0) is 31.2 Å². The van der Waals surface area contributed by atoms with Crippen LogP contribution in [0.3, 0.4) is 0 Å². The molecule has 0 unspecified atom stereocenters. The zero-order valence-corrected chi connectivity index (χ0v) is 10.3. The standard InChI is InChI=1S/C12H15N3S/c1-9-6-11(15(2)14-9)8-16-12-5-3-4-10(13)7-12/h3-7H,8,13H2,1-2H3. The molecule has 0 aliphatic rings. The van der Waals surface area contributed by atoms with Crippen molar-refractivity contribution in [3.8, 4) is 0 Å². The zero-order valence-electron chi connectivity index (χ0n) is 9.47. The highest BCUT2D eigenvalue weighted by molar-refractivity contribution is 7.98. The van der Waals surface area contributed by atoms with E-state index >= 15 is 0 Å². The number of benzene rings is 1.